The second-order valence-corrected chi connectivity index (χ2v) is 4.89. The molecule has 4 nitrogen and oxygen atoms in total. The number of halogens is 1. The van der Waals surface area contributed by atoms with Crippen LogP contribution < -0.4 is 4.74 Å². The van der Waals surface area contributed by atoms with Gasteiger partial charge in [0, 0.05) is 11.8 Å². The van der Waals surface area contributed by atoms with Crippen molar-refractivity contribution in [3.8, 4) is 5.75 Å². The first-order valence-corrected chi connectivity index (χ1v) is 6.99. The molecule has 1 heterocycles. The van der Waals surface area contributed by atoms with Crippen molar-refractivity contribution in [1.82, 2.24) is 4.98 Å². The van der Waals surface area contributed by atoms with Crippen LogP contribution in [-0.4, -0.2) is 17.6 Å². The van der Waals surface area contributed by atoms with Gasteiger partial charge in [0.05, 0.1) is 6.61 Å². The summed E-state index contributed by atoms with van der Waals surface area (Å²) in [4.78, 5) is 15.9. The number of hydrogen-bond acceptors (Lipinski definition) is 4. The summed E-state index contributed by atoms with van der Waals surface area (Å²) in [6.45, 7) is 4.32. The summed E-state index contributed by atoms with van der Waals surface area (Å²) < 4.78 is 10.7. The number of carbonyl (C=O) groups excluding carboxylic acids is 1. The number of aromatic nitrogens is 1. The molecule has 110 valence electrons. The maximum absolute atomic E-state index is 11.9. The van der Waals surface area contributed by atoms with Crippen LogP contribution in [0.25, 0.3) is 0 Å². The highest BCUT2D eigenvalue weighted by atomic mass is 35.5. The van der Waals surface area contributed by atoms with E-state index in [0.717, 1.165) is 11.1 Å². The summed E-state index contributed by atoms with van der Waals surface area (Å²) >= 11 is 5.73. The number of pyridine rings is 1. The van der Waals surface area contributed by atoms with Gasteiger partial charge in [-0.2, -0.15) is 0 Å². The Balaban J connectivity index is 2.15. The molecule has 0 spiro atoms. The van der Waals surface area contributed by atoms with Crippen molar-refractivity contribution in [2.45, 2.75) is 20.5 Å². The van der Waals surface area contributed by atoms with E-state index in [1.54, 1.807) is 31.3 Å². The SMILES string of the molecule is CCOC(=O)c1cc(C)ccc1OCc1ccc(Cl)nc1. The van der Waals surface area contributed by atoms with Crippen molar-refractivity contribution in [2.24, 2.45) is 0 Å². The van der Waals surface area contributed by atoms with Gasteiger partial charge in [0.25, 0.3) is 0 Å². The van der Waals surface area contributed by atoms with Gasteiger partial charge >= 0.3 is 5.97 Å². The average molecular weight is 306 g/mol. The highest BCUT2D eigenvalue weighted by molar-refractivity contribution is 6.29. The minimum atomic E-state index is -0.384. The lowest BCUT2D eigenvalue weighted by Crippen LogP contribution is -2.08. The topological polar surface area (TPSA) is 48.4 Å². The zero-order valence-corrected chi connectivity index (χ0v) is 12.7. The molecule has 0 unspecified atom stereocenters. The summed E-state index contributed by atoms with van der Waals surface area (Å²) in [5.74, 6) is 0.111. The Morgan fingerprint density at radius 1 is 1.29 bits per heavy atom. The fraction of sp³-hybridized carbons (Fsp3) is 0.250. The molecule has 0 saturated heterocycles. The van der Waals surface area contributed by atoms with Gasteiger partial charge in [-0.1, -0.05) is 29.3 Å². The molecule has 0 aliphatic heterocycles. The first-order chi connectivity index (χ1) is 10.1. The molecule has 21 heavy (non-hydrogen) atoms. The molecule has 0 atom stereocenters. The second kappa shape index (κ2) is 7.09. The van der Waals surface area contributed by atoms with Crippen LogP contribution in [0.5, 0.6) is 5.75 Å². The maximum atomic E-state index is 11.9. The molecule has 0 aliphatic rings. The summed E-state index contributed by atoms with van der Waals surface area (Å²) in [6.07, 6.45) is 1.64. The predicted octanol–water partition coefficient (Wildman–Crippen LogP) is 3.80. The van der Waals surface area contributed by atoms with Crippen molar-refractivity contribution < 1.29 is 14.3 Å². The molecule has 5 heteroatoms. The average Bonchev–Trinajstić information content (AvgIpc) is 2.48. The minimum absolute atomic E-state index is 0.305. The van der Waals surface area contributed by atoms with E-state index in [2.05, 4.69) is 4.98 Å². The van der Waals surface area contributed by atoms with Crippen molar-refractivity contribution in [2.75, 3.05) is 6.61 Å². The van der Waals surface area contributed by atoms with E-state index < -0.39 is 0 Å². The van der Waals surface area contributed by atoms with E-state index in [1.807, 2.05) is 19.1 Å². The molecule has 1 aromatic carbocycles. The third-order valence-corrected chi connectivity index (χ3v) is 3.04. The number of benzene rings is 1. The van der Waals surface area contributed by atoms with Crippen LogP contribution >= 0.6 is 11.6 Å². The summed E-state index contributed by atoms with van der Waals surface area (Å²) in [6, 6.07) is 8.94. The lowest BCUT2D eigenvalue weighted by Gasteiger charge is -2.11. The van der Waals surface area contributed by atoms with E-state index in [0.29, 0.717) is 29.7 Å². The Kier molecular flexibility index (Phi) is 5.17. The van der Waals surface area contributed by atoms with Gasteiger partial charge in [-0.15, -0.1) is 0 Å². The fourth-order valence-electron chi connectivity index (χ4n) is 1.79. The zero-order chi connectivity index (χ0) is 15.2. The normalized spacial score (nSPS) is 10.2. The van der Waals surface area contributed by atoms with Gasteiger partial charge in [0.1, 0.15) is 23.1 Å². The summed E-state index contributed by atoms with van der Waals surface area (Å²) in [7, 11) is 0. The van der Waals surface area contributed by atoms with Gasteiger partial charge in [-0.25, -0.2) is 9.78 Å². The van der Waals surface area contributed by atoms with Crippen molar-refractivity contribution in [1.29, 1.82) is 0 Å². The Bertz CT molecular complexity index is 626. The zero-order valence-electron chi connectivity index (χ0n) is 11.9. The number of ether oxygens (including phenoxy) is 2. The first kappa shape index (κ1) is 15.3. The highest BCUT2D eigenvalue weighted by Gasteiger charge is 2.14. The van der Waals surface area contributed by atoms with Gasteiger partial charge in [-0.3, -0.25) is 0 Å². The number of carbonyl (C=O) groups is 1. The molecular formula is C16H16ClNO3. The fourth-order valence-corrected chi connectivity index (χ4v) is 1.90. The number of aryl methyl sites for hydroxylation is 1. The van der Waals surface area contributed by atoms with Crippen LogP contribution in [0.3, 0.4) is 0 Å². The number of nitrogens with zero attached hydrogens (tertiary/aromatic N) is 1. The standard InChI is InChI=1S/C16H16ClNO3/c1-3-20-16(19)13-8-11(2)4-6-14(13)21-10-12-5-7-15(17)18-9-12/h4-9H,3,10H2,1-2H3. The summed E-state index contributed by atoms with van der Waals surface area (Å²) in [5.41, 5.74) is 2.27. The Labute approximate surface area is 128 Å². The molecule has 0 amide bonds. The molecule has 0 N–H and O–H groups in total. The Morgan fingerprint density at radius 2 is 2.10 bits per heavy atom. The van der Waals surface area contributed by atoms with Crippen LogP contribution in [-0.2, 0) is 11.3 Å². The Morgan fingerprint density at radius 3 is 2.76 bits per heavy atom. The molecule has 2 aromatic rings. The van der Waals surface area contributed by atoms with E-state index in [4.69, 9.17) is 21.1 Å². The Hall–Kier alpha value is -2.07. The highest BCUT2D eigenvalue weighted by Crippen LogP contribution is 2.22. The molecule has 0 fully saturated rings. The molecule has 0 aliphatic carbocycles. The molecule has 2 rings (SSSR count). The van der Waals surface area contributed by atoms with Gasteiger partial charge in [0.15, 0.2) is 0 Å². The lowest BCUT2D eigenvalue weighted by molar-refractivity contribution is 0.0521. The number of esters is 1. The third-order valence-electron chi connectivity index (χ3n) is 2.81. The summed E-state index contributed by atoms with van der Waals surface area (Å²) in [5, 5.41) is 0.432. The predicted molar refractivity (Wildman–Crippen MR) is 80.7 cm³/mol. The monoisotopic (exact) mass is 305 g/mol. The maximum Gasteiger partial charge on any atom is 0.341 e. The van der Waals surface area contributed by atoms with Crippen molar-refractivity contribution in [3.05, 3.63) is 58.4 Å². The van der Waals surface area contributed by atoms with E-state index in [-0.39, 0.29) is 5.97 Å². The molecule has 0 bridgehead atoms. The van der Waals surface area contributed by atoms with Crippen LogP contribution in [0.4, 0.5) is 0 Å². The van der Waals surface area contributed by atoms with Crippen molar-refractivity contribution in [3.63, 3.8) is 0 Å². The quantitative estimate of drug-likeness (QED) is 0.623. The van der Waals surface area contributed by atoms with Crippen LogP contribution in [0.2, 0.25) is 5.15 Å². The molecular weight excluding hydrogens is 290 g/mol. The smallest absolute Gasteiger partial charge is 0.341 e. The van der Waals surface area contributed by atoms with Crippen LogP contribution in [0, 0.1) is 6.92 Å². The van der Waals surface area contributed by atoms with Crippen LogP contribution in [0.1, 0.15) is 28.4 Å². The van der Waals surface area contributed by atoms with E-state index in [9.17, 15) is 4.79 Å². The molecule has 0 radical (unpaired) electrons. The largest absolute Gasteiger partial charge is 0.488 e. The van der Waals surface area contributed by atoms with E-state index >= 15 is 0 Å². The van der Waals surface area contributed by atoms with Gasteiger partial charge in [0.2, 0.25) is 0 Å². The third kappa shape index (κ3) is 4.20. The molecule has 0 saturated carbocycles. The van der Waals surface area contributed by atoms with E-state index in [1.165, 1.54) is 0 Å². The molecule has 1 aromatic heterocycles. The van der Waals surface area contributed by atoms with Crippen LogP contribution in [0.15, 0.2) is 36.5 Å². The minimum Gasteiger partial charge on any atom is -0.488 e. The van der Waals surface area contributed by atoms with Gasteiger partial charge < -0.3 is 9.47 Å². The number of hydrogen-bond donors (Lipinski definition) is 0. The number of rotatable bonds is 5. The first-order valence-electron chi connectivity index (χ1n) is 6.61. The van der Waals surface area contributed by atoms with Gasteiger partial charge in [-0.05, 0) is 32.0 Å². The second-order valence-electron chi connectivity index (χ2n) is 4.50. The lowest BCUT2D eigenvalue weighted by atomic mass is 10.1. The van der Waals surface area contributed by atoms with Crippen molar-refractivity contribution >= 4 is 17.6 Å².